The Morgan fingerprint density at radius 3 is 2.65 bits per heavy atom. The maximum atomic E-state index is 13.4. The van der Waals surface area contributed by atoms with Crippen molar-refractivity contribution in [3.05, 3.63) is 22.6 Å². The fourth-order valence-corrected chi connectivity index (χ4v) is 3.70. The van der Waals surface area contributed by atoms with Gasteiger partial charge in [0.25, 0.3) is 5.91 Å². The molecule has 0 aromatic carbocycles. The number of amides is 2. The molecule has 0 atom stereocenters. The van der Waals surface area contributed by atoms with Gasteiger partial charge in [-0.15, -0.1) is 11.3 Å². The second-order valence-corrected chi connectivity index (χ2v) is 6.65. The van der Waals surface area contributed by atoms with Crippen LogP contribution < -0.4 is 15.4 Å². The molecule has 1 saturated carbocycles. The van der Waals surface area contributed by atoms with Gasteiger partial charge >= 0.3 is 12.3 Å². The summed E-state index contributed by atoms with van der Waals surface area (Å²) < 4.78 is 45.5. The topological polar surface area (TPSA) is 101 Å². The zero-order valence-corrected chi connectivity index (χ0v) is 14.2. The number of pyridine rings is 1. The molecular weight excluding hydrogens is 375 g/mol. The van der Waals surface area contributed by atoms with E-state index in [1.807, 2.05) is 0 Å². The number of nitrogens with zero attached hydrogens (tertiary/aromatic N) is 1. The Labute approximate surface area is 149 Å². The Morgan fingerprint density at radius 2 is 2.08 bits per heavy atom. The Morgan fingerprint density at radius 1 is 1.38 bits per heavy atom. The minimum Gasteiger partial charge on any atom is -0.474 e. The van der Waals surface area contributed by atoms with Crippen molar-refractivity contribution in [3.8, 4) is 5.88 Å². The molecule has 26 heavy (non-hydrogen) atoms. The predicted octanol–water partition coefficient (Wildman–Crippen LogP) is 2.85. The average molecular weight is 389 g/mol. The van der Waals surface area contributed by atoms with Gasteiger partial charge in [0.05, 0.1) is 21.3 Å². The third kappa shape index (κ3) is 3.52. The first-order chi connectivity index (χ1) is 12.2. The number of carboxylic acid groups (broad SMARTS) is 1. The van der Waals surface area contributed by atoms with Crippen LogP contribution in [-0.4, -0.2) is 41.3 Å². The van der Waals surface area contributed by atoms with Gasteiger partial charge in [0.15, 0.2) is 0 Å². The smallest absolute Gasteiger partial charge is 0.418 e. The van der Waals surface area contributed by atoms with Gasteiger partial charge in [-0.1, -0.05) is 0 Å². The van der Waals surface area contributed by atoms with Crippen LogP contribution in [0.5, 0.6) is 5.88 Å². The monoisotopic (exact) mass is 389 g/mol. The minimum absolute atomic E-state index is 0.0440. The number of halogens is 3. The highest BCUT2D eigenvalue weighted by Gasteiger charge is 2.37. The Hall–Kier alpha value is -2.56. The van der Waals surface area contributed by atoms with Gasteiger partial charge in [0.1, 0.15) is 6.10 Å². The zero-order chi connectivity index (χ0) is 19.1. The highest BCUT2D eigenvalue weighted by atomic mass is 32.1. The molecule has 2 aromatic heterocycles. The second-order valence-electron chi connectivity index (χ2n) is 5.77. The molecule has 140 valence electrons. The summed E-state index contributed by atoms with van der Waals surface area (Å²) >= 11 is 0.792. The van der Waals surface area contributed by atoms with Crippen LogP contribution in [0.2, 0.25) is 0 Å². The van der Waals surface area contributed by atoms with E-state index in [0.29, 0.717) is 12.8 Å². The van der Waals surface area contributed by atoms with Crippen molar-refractivity contribution in [3.63, 3.8) is 0 Å². The molecule has 2 aromatic rings. The normalized spacial score (nSPS) is 19.7. The van der Waals surface area contributed by atoms with E-state index in [0.717, 1.165) is 17.4 Å². The number of nitrogens with one attached hydrogen (secondary N) is 2. The summed E-state index contributed by atoms with van der Waals surface area (Å²) in [5.74, 6) is -0.782. The number of ether oxygens (including phenoxy) is 1. The van der Waals surface area contributed by atoms with Gasteiger partial charge in [-0.3, -0.25) is 4.79 Å². The van der Waals surface area contributed by atoms with Crippen molar-refractivity contribution in [1.29, 1.82) is 0 Å². The highest BCUT2D eigenvalue weighted by Crippen LogP contribution is 2.40. The zero-order valence-electron chi connectivity index (χ0n) is 13.4. The number of carbonyl (C=O) groups excluding carboxylic acids is 1. The van der Waals surface area contributed by atoms with Crippen LogP contribution in [0.1, 0.15) is 28.8 Å². The lowest BCUT2D eigenvalue weighted by atomic mass is 9.89. The summed E-state index contributed by atoms with van der Waals surface area (Å²) in [6.45, 7) is 0. The Balaban J connectivity index is 1.91. The van der Waals surface area contributed by atoms with Gasteiger partial charge in [0, 0.05) is 37.4 Å². The molecule has 1 fully saturated rings. The lowest BCUT2D eigenvalue weighted by Crippen LogP contribution is -2.48. The molecule has 7 nitrogen and oxygen atoms in total. The van der Waals surface area contributed by atoms with Crippen molar-refractivity contribution in [1.82, 2.24) is 15.6 Å². The number of hydrogen-bond acceptors (Lipinski definition) is 5. The molecule has 0 radical (unpaired) electrons. The van der Waals surface area contributed by atoms with E-state index in [9.17, 15) is 22.8 Å². The van der Waals surface area contributed by atoms with Crippen LogP contribution in [0.4, 0.5) is 18.0 Å². The summed E-state index contributed by atoms with van der Waals surface area (Å²) in [7, 11) is 1.38. The molecule has 11 heteroatoms. The molecule has 0 aliphatic heterocycles. The first-order valence-electron chi connectivity index (χ1n) is 7.56. The summed E-state index contributed by atoms with van der Waals surface area (Å²) in [4.78, 5) is 26.5. The molecule has 1 aliphatic rings. The molecule has 2 amide bonds. The van der Waals surface area contributed by atoms with E-state index in [4.69, 9.17) is 9.84 Å². The third-order valence-corrected chi connectivity index (χ3v) is 4.99. The average Bonchev–Trinajstić information content (AvgIpc) is 2.93. The summed E-state index contributed by atoms with van der Waals surface area (Å²) in [6, 6.07) is 0.510. The third-order valence-electron chi connectivity index (χ3n) is 3.99. The molecule has 0 spiro atoms. The Bertz CT molecular complexity index is 862. The number of rotatable bonds is 4. The molecule has 0 bridgehead atoms. The summed E-state index contributed by atoms with van der Waals surface area (Å²) in [5.41, 5.74) is -0.946. The molecule has 3 rings (SSSR count). The fraction of sp³-hybridized carbons (Fsp3) is 0.400. The van der Waals surface area contributed by atoms with E-state index >= 15 is 0 Å². The van der Waals surface area contributed by atoms with Gasteiger partial charge < -0.3 is 20.5 Å². The van der Waals surface area contributed by atoms with Crippen molar-refractivity contribution in [2.45, 2.75) is 31.2 Å². The highest BCUT2D eigenvalue weighted by molar-refractivity contribution is 7.17. The van der Waals surface area contributed by atoms with Gasteiger partial charge in [0.2, 0.25) is 5.88 Å². The number of carbonyl (C=O) groups is 2. The van der Waals surface area contributed by atoms with Crippen LogP contribution in [0, 0.1) is 0 Å². The fourth-order valence-electron chi connectivity index (χ4n) is 2.68. The number of thiophene rings is 1. The molecule has 1 aliphatic carbocycles. The number of hydrogen-bond donors (Lipinski definition) is 3. The second kappa shape index (κ2) is 6.63. The van der Waals surface area contributed by atoms with E-state index in [1.54, 1.807) is 0 Å². The SMILES string of the molecule is CNC(=O)c1csc2c(C(F)(F)F)cc(OC3CC(NC(=O)O)C3)nc12. The lowest BCUT2D eigenvalue weighted by Gasteiger charge is -2.34. The molecular formula is C15H14F3N3O4S. The van der Waals surface area contributed by atoms with Crippen LogP contribution >= 0.6 is 11.3 Å². The first-order valence-corrected chi connectivity index (χ1v) is 8.44. The van der Waals surface area contributed by atoms with Crippen molar-refractivity contribution >= 4 is 33.6 Å². The predicted molar refractivity (Wildman–Crippen MR) is 86.6 cm³/mol. The number of fused-ring (bicyclic) bond motifs is 1. The maximum Gasteiger partial charge on any atom is 0.418 e. The number of aromatic nitrogens is 1. The van der Waals surface area contributed by atoms with Crippen molar-refractivity contribution in [2.24, 2.45) is 0 Å². The van der Waals surface area contributed by atoms with Crippen LogP contribution in [0.15, 0.2) is 11.4 Å². The molecule has 2 heterocycles. The van der Waals surface area contributed by atoms with Gasteiger partial charge in [-0.2, -0.15) is 13.2 Å². The summed E-state index contributed by atoms with van der Waals surface area (Å²) in [5, 5.41) is 14.6. The van der Waals surface area contributed by atoms with E-state index in [1.165, 1.54) is 12.4 Å². The van der Waals surface area contributed by atoms with E-state index < -0.39 is 29.8 Å². The molecule has 3 N–H and O–H groups in total. The van der Waals surface area contributed by atoms with E-state index in [-0.39, 0.29) is 27.7 Å². The van der Waals surface area contributed by atoms with Crippen LogP contribution in [0.25, 0.3) is 10.2 Å². The van der Waals surface area contributed by atoms with Crippen LogP contribution in [-0.2, 0) is 6.18 Å². The Kier molecular flexibility index (Phi) is 4.65. The lowest BCUT2D eigenvalue weighted by molar-refractivity contribution is -0.136. The largest absolute Gasteiger partial charge is 0.474 e. The van der Waals surface area contributed by atoms with Crippen LogP contribution in [0.3, 0.4) is 0 Å². The van der Waals surface area contributed by atoms with Crippen molar-refractivity contribution < 1.29 is 32.6 Å². The first kappa shape index (κ1) is 18.2. The standard InChI is InChI=1S/C15H14F3N3O4S/c1-19-13(22)8-5-26-12-9(15(16,17)18)4-10(21-11(8)12)25-7-2-6(3-7)20-14(23)24/h4-7,20H,2-3H2,1H3,(H,19,22)(H,23,24). The van der Waals surface area contributed by atoms with Gasteiger partial charge in [-0.05, 0) is 0 Å². The molecule has 0 unspecified atom stereocenters. The van der Waals surface area contributed by atoms with Crippen molar-refractivity contribution in [2.75, 3.05) is 7.05 Å². The molecule has 0 saturated heterocycles. The van der Waals surface area contributed by atoms with Gasteiger partial charge in [-0.25, -0.2) is 9.78 Å². The van der Waals surface area contributed by atoms with E-state index in [2.05, 4.69) is 15.6 Å². The summed E-state index contributed by atoms with van der Waals surface area (Å²) in [6.07, 6.45) is -5.57. The minimum atomic E-state index is -4.63. The number of alkyl halides is 3. The quantitative estimate of drug-likeness (QED) is 0.747. The maximum absolute atomic E-state index is 13.4.